The quantitative estimate of drug-likeness (QED) is 0.889. The van der Waals surface area contributed by atoms with E-state index in [9.17, 15) is 4.79 Å². The summed E-state index contributed by atoms with van der Waals surface area (Å²) in [4.78, 5) is 11.8. The molecular formula is C15H20N4OS. The molecule has 112 valence electrons. The van der Waals surface area contributed by atoms with Gasteiger partial charge in [-0.3, -0.25) is 4.68 Å². The van der Waals surface area contributed by atoms with Gasteiger partial charge in [-0.05, 0) is 36.6 Å². The molecular weight excluding hydrogens is 284 g/mol. The van der Waals surface area contributed by atoms with E-state index in [1.54, 1.807) is 11.3 Å². The van der Waals surface area contributed by atoms with Crippen molar-refractivity contribution in [2.75, 3.05) is 5.32 Å². The van der Waals surface area contributed by atoms with Crippen molar-refractivity contribution in [3.05, 3.63) is 34.3 Å². The molecule has 2 aromatic heterocycles. The van der Waals surface area contributed by atoms with Crippen LogP contribution in [0.15, 0.2) is 23.2 Å². The molecule has 1 aliphatic rings. The Kier molecular flexibility index (Phi) is 4.24. The Hall–Kier alpha value is -1.82. The highest BCUT2D eigenvalue weighted by Gasteiger charge is 2.18. The standard InChI is InChI=1S/C15H20N4OS/c1-11-9-21-10-14(11)18-15(20)16-5-13-6-17-19(8-13)7-12-3-2-4-12/h6,8-10,12H,2-5,7H2,1H3,(H2,16,18,20). The summed E-state index contributed by atoms with van der Waals surface area (Å²) in [5.41, 5.74) is 2.99. The molecule has 0 radical (unpaired) electrons. The molecule has 2 N–H and O–H groups in total. The number of aromatic nitrogens is 2. The average molecular weight is 304 g/mol. The first-order chi connectivity index (χ1) is 10.2. The molecule has 2 aromatic rings. The highest BCUT2D eigenvalue weighted by Crippen LogP contribution is 2.27. The van der Waals surface area contributed by atoms with Crippen LogP contribution in [0.3, 0.4) is 0 Å². The molecule has 0 bridgehead atoms. The molecule has 6 heteroatoms. The molecule has 1 saturated carbocycles. The van der Waals surface area contributed by atoms with Crippen molar-refractivity contribution in [1.29, 1.82) is 0 Å². The Balaban J connectivity index is 1.46. The maximum absolute atomic E-state index is 11.8. The lowest BCUT2D eigenvalue weighted by atomic mass is 9.85. The van der Waals surface area contributed by atoms with Crippen LogP contribution < -0.4 is 10.6 Å². The van der Waals surface area contributed by atoms with E-state index in [1.165, 1.54) is 19.3 Å². The minimum Gasteiger partial charge on any atom is -0.334 e. The normalized spacial score (nSPS) is 14.7. The van der Waals surface area contributed by atoms with Crippen molar-refractivity contribution < 1.29 is 4.79 Å². The molecule has 0 spiro atoms. The largest absolute Gasteiger partial charge is 0.334 e. The van der Waals surface area contributed by atoms with Crippen LogP contribution in [0.1, 0.15) is 30.4 Å². The molecule has 0 aromatic carbocycles. The summed E-state index contributed by atoms with van der Waals surface area (Å²) in [7, 11) is 0. The third-order valence-corrected chi connectivity index (χ3v) is 4.77. The lowest BCUT2D eigenvalue weighted by Gasteiger charge is -2.24. The highest BCUT2D eigenvalue weighted by molar-refractivity contribution is 7.08. The zero-order chi connectivity index (χ0) is 14.7. The number of carbonyl (C=O) groups excluding carboxylic acids is 1. The monoisotopic (exact) mass is 304 g/mol. The Bertz CT molecular complexity index is 615. The minimum absolute atomic E-state index is 0.178. The van der Waals surface area contributed by atoms with Gasteiger partial charge in [-0.2, -0.15) is 5.10 Å². The molecule has 1 fully saturated rings. The molecule has 0 saturated heterocycles. The fourth-order valence-electron chi connectivity index (χ4n) is 2.37. The summed E-state index contributed by atoms with van der Waals surface area (Å²) in [5, 5.41) is 14.0. The van der Waals surface area contributed by atoms with Crippen molar-refractivity contribution in [3.8, 4) is 0 Å². The summed E-state index contributed by atoms with van der Waals surface area (Å²) in [6, 6.07) is -0.178. The number of aryl methyl sites for hydroxylation is 1. The molecule has 3 rings (SSSR count). The molecule has 0 atom stereocenters. The number of hydrogen-bond donors (Lipinski definition) is 2. The van der Waals surface area contributed by atoms with Gasteiger partial charge in [0.1, 0.15) is 0 Å². The summed E-state index contributed by atoms with van der Waals surface area (Å²) < 4.78 is 1.99. The van der Waals surface area contributed by atoms with Gasteiger partial charge in [-0.15, -0.1) is 11.3 Å². The molecule has 5 nitrogen and oxygen atoms in total. The second-order valence-electron chi connectivity index (χ2n) is 5.64. The first-order valence-corrected chi connectivity index (χ1v) is 8.24. The first-order valence-electron chi connectivity index (χ1n) is 7.29. The number of thiophene rings is 1. The van der Waals surface area contributed by atoms with Gasteiger partial charge in [0, 0.05) is 30.2 Å². The van der Waals surface area contributed by atoms with E-state index in [2.05, 4.69) is 15.7 Å². The number of nitrogens with zero attached hydrogens (tertiary/aromatic N) is 2. The van der Waals surface area contributed by atoms with Gasteiger partial charge in [0.25, 0.3) is 0 Å². The van der Waals surface area contributed by atoms with Crippen LogP contribution in [-0.2, 0) is 13.1 Å². The summed E-state index contributed by atoms with van der Waals surface area (Å²) in [6.45, 7) is 3.48. The molecule has 0 aliphatic heterocycles. The van der Waals surface area contributed by atoms with E-state index in [-0.39, 0.29) is 6.03 Å². The van der Waals surface area contributed by atoms with E-state index >= 15 is 0 Å². The molecule has 2 heterocycles. The third kappa shape index (κ3) is 3.64. The van der Waals surface area contributed by atoms with E-state index in [1.807, 2.05) is 34.8 Å². The Labute approximate surface area is 128 Å². The van der Waals surface area contributed by atoms with Crippen molar-refractivity contribution >= 4 is 23.1 Å². The Morgan fingerprint density at radius 2 is 2.33 bits per heavy atom. The topological polar surface area (TPSA) is 59.0 Å². The predicted octanol–water partition coefficient (Wildman–Crippen LogP) is 3.37. The first kappa shape index (κ1) is 14.1. The number of rotatable bonds is 5. The van der Waals surface area contributed by atoms with Gasteiger partial charge >= 0.3 is 6.03 Å². The lowest BCUT2D eigenvalue weighted by molar-refractivity contribution is 0.251. The smallest absolute Gasteiger partial charge is 0.319 e. The predicted molar refractivity (Wildman–Crippen MR) is 84.5 cm³/mol. The van der Waals surface area contributed by atoms with Crippen LogP contribution in [-0.4, -0.2) is 15.8 Å². The van der Waals surface area contributed by atoms with Gasteiger partial charge in [0.15, 0.2) is 0 Å². The van der Waals surface area contributed by atoms with Crippen molar-refractivity contribution in [3.63, 3.8) is 0 Å². The second-order valence-corrected chi connectivity index (χ2v) is 6.39. The molecule has 0 unspecified atom stereocenters. The van der Waals surface area contributed by atoms with E-state index < -0.39 is 0 Å². The van der Waals surface area contributed by atoms with Crippen molar-refractivity contribution in [1.82, 2.24) is 15.1 Å². The van der Waals surface area contributed by atoms with Crippen molar-refractivity contribution in [2.45, 2.75) is 39.3 Å². The van der Waals surface area contributed by atoms with Crippen LogP contribution in [0, 0.1) is 12.8 Å². The second kappa shape index (κ2) is 6.30. The van der Waals surface area contributed by atoms with Gasteiger partial charge in [0.2, 0.25) is 0 Å². The number of amides is 2. The highest BCUT2D eigenvalue weighted by atomic mass is 32.1. The third-order valence-electron chi connectivity index (χ3n) is 3.91. The van der Waals surface area contributed by atoms with Gasteiger partial charge < -0.3 is 10.6 Å². The number of nitrogens with one attached hydrogen (secondary N) is 2. The van der Waals surface area contributed by atoms with Gasteiger partial charge in [-0.25, -0.2) is 4.79 Å². The fourth-order valence-corrected chi connectivity index (χ4v) is 3.15. The number of carbonyl (C=O) groups is 1. The maximum Gasteiger partial charge on any atom is 0.319 e. The number of urea groups is 1. The van der Waals surface area contributed by atoms with E-state index in [4.69, 9.17) is 0 Å². The van der Waals surface area contributed by atoms with E-state index in [0.717, 1.165) is 29.3 Å². The zero-order valence-corrected chi connectivity index (χ0v) is 12.9. The Morgan fingerprint density at radius 1 is 1.48 bits per heavy atom. The Morgan fingerprint density at radius 3 is 3.00 bits per heavy atom. The zero-order valence-electron chi connectivity index (χ0n) is 12.1. The SMILES string of the molecule is Cc1cscc1NC(=O)NCc1cnn(CC2CCC2)c1. The summed E-state index contributed by atoms with van der Waals surface area (Å²) in [5.74, 6) is 0.788. The van der Waals surface area contributed by atoms with Crippen molar-refractivity contribution in [2.24, 2.45) is 5.92 Å². The minimum atomic E-state index is -0.178. The number of hydrogen-bond acceptors (Lipinski definition) is 3. The van der Waals surface area contributed by atoms with Gasteiger partial charge in [0.05, 0.1) is 11.9 Å². The van der Waals surface area contributed by atoms with Gasteiger partial charge in [-0.1, -0.05) is 6.42 Å². The van der Waals surface area contributed by atoms with Crippen LogP contribution in [0.4, 0.5) is 10.5 Å². The molecule has 1 aliphatic carbocycles. The molecule has 21 heavy (non-hydrogen) atoms. The van der Waals surface area contributed by atoms with Crippen LogP contribution in [0.25, 0.3) is 0 Å². The van der Waals surface area contributed by atoms with E-state index in [0.29, 0.717) is 6.54 Å². The summed E-state index contributed by atoms with van der Waals surface area (Å²) >= 11 is 1.58. The molecule has 2 amide bonds. The van der Waals surface area contributed by atoms with Crippen LogP contribution in [0.5, 0.6) is 0 Å². The number of anilines is 1. The maximum atomic E-state index is 11.8. The summed E-state index contributed by atoms with van der Waals surface area (Å²) in [6.07, 6.45) is 7.83. The average Bonchev–Trinajstić information content (AvgIpc) is 3.02. The lowest BCUT2D eigenvalue weighted by Crippen LogP contribution is -2.28. The van der Waals surface area contributed by atoms with Crippen LogP contribution >= 0.6 is 11.3 Å². The van der Waals surface area contributed by atoms with Crippen LogP contribution in [0.2, 0.25) is 0 Å². The fraction of sp³-hybridized carbons (Fsp3) is 0.467.